The van der Waals surface area contributed by atoms with Gasteiger partial charge in [0.2, 0.25) is 5.91 Å². The summed E-state index contributed by atoms with van der Waals surface area (Å²) in [5.41, 5.74) is 8.87. The molecule has 0 aliphatic carbocycles. The second-order valence-corrected chi connectivity index (χ2v) is 6.32. The van der Waals surface area contributed by atoms with E-state index < -0.39 is 0 Å². The van der Waals surface area contributed by atoms with Gasteiger partial charge in [-0.3, -0.25) is 4.79 Å². The molecule has 26 heavy (non-hydrogen) atoms. The van der Waals surface area contributed by atoms with Crippen molar-refractivity contribution in [2.75, 3.05) is 12.3 Å². The van der Waals surface area contributed by atoms with Crippen molar-refractivity contribution < 1.29 is 4.79 Å². The number of carbonyl (C=O) groups excluding carboxylic acids is 1. The molecule has 0 aliphatic heterocycles. The van der Waals surface area contributed by atoms with Gasteiger partial charge in [-0.25, -0.2) is 4.98 Å². The van der Waals surface area contributed by atoms with Crippen LogP contribution in [0.5, 0.6) is 0 Å². The maximum Gasteiger partial charge on any atom is 0.246 e. The summed E-state index contributed by atoms with van der Waals surface area (Å²) in [5, 5.41) is 1.19. The summed E-state index contributed by atoms with van der Waals surface area (Å²) < 4.78 is 2.15. The molecule has 5 nitrogen and oxygen atoms in total. The highest BCUT2D eigenvalue weighted by Gasteiger charge is 2.14. The van der Waals surface area contributed by atoms with Crippen LogP contribution >= 0.6 is 0 Å². The average Bonchev–Trinajstić information content (AvgIpc) is 2.96. The monoisotopic (exact) mass is 348 g/mol. The summed E-state index contributed by atoms with van der Waals surface area (Å²) in [5.74, 6) is 0.396. The lowest BCUT2D eigenvalue weighted by molar-refractivity contribution is -0.126. The van der Waals surface area contributed by atoms with Crippen molar-refractivity contribution in [1.29, 1.82) is 0 Å². The molecule has 0 saturated carbocycles. The Morgan fingerprint density at radius 3 is 2.81 bits per heavy atom. The van der Waals surface area contributed by atoms with Gasteiger partial charge in [-0.1, -0.05) is 25.1 Å². The van der Waals surface area contributed by atoms with Crippen molar-refractivity contribution in [3.05, 3.63) is 66.0 Å². The van der Waals surface area contributed by atoms with Crippen molar-refractivity contribution >= 4 is 28.7 Å². The zero-order chi connectivity index (χ0) is 18.5. The van der Waals surface area contributed by atoms with E-state index in [1.54, 1.807) is 24.4 Å². The van der Waals surface area contributed by atoms with Crippen LogP contribution in [0.2, 0.25) is 0 Å². The predicted molar refractivity (Wildman–Crippen MR) is 106 cm³/mol. The molecule has 2 heterocycles. The number of fused-ring (bicyclic) bond motifs is 1. The van der Waals surface area contributed by atoms with Gasteiger partial charge < -0.3 is 15.2 Å². The zero-order valence-corrected chi connectivity index (χ0v) is 15.2. The first-order valence-electron chi connectivity index (χ1n) is 8.81. The molecule has 0 unspecified atom stereocenters. The topological polar surface area (TPSA) is 64.2 Å². The molecular formula is C21H24N4O. The molecule has 134 valence electrons. The normalized spacial score (nSPS) is 11.3. The Hall–Kier alpha value is -3.08. The first-order chi connectivity index (χ1) is 12.6. The Kier molecular flexibility index (Phi) is 5.37. The summed E-state index contributed by atoms with van der Waals surface area (Å²) in [6.07, 6.45) is 5.84. The number of pyridine rings is 1. The minimum absolute atomic E-state index is 0.0274. The molecule has 0 atom stereocenters. The van der Waals surface area contributed by atoms with Crippen molar-refractivity contribution in [3.8, 4) is 0 Å². The number of amides is 1. The largest absolute Gasteiger partial charge is 0.383 e. The number of nitrogens with zero attached hydrogens (tertiary/aromatic N) is 3. The Bertz CT molecular complexity index is 942. The van der Waals surface area contributed by atoms with Gasteiger partial charge in [0.15, 0.2) is 0 Å². The van der Waals surface area contributed by atoms with E-state index in [-0.39, 0.29) is 5.91 Å². The second kappa shape index (κ2) is 7.87. The molecule has 0 bridgehead atoms. The Balaban J connectivity index is 1.80. The van der Waals surface area contributed by atoms with Gasteiger partial charge >= 0.3 is 0 Å². The molecule has 5 heteroatoms. The highest BCUT2D eigenvalue weighted by molar-refractivity contribution is 5.92. The molecule has 0 spiro atoms. The van der Waals surface area contributed by atoms with Crippen LogP contribution in [0.15, 0.2) is 54.7 Å². The lowest BCUT2D eigenvalue weighted by Gasteiger charge is -2.21. The van der Waals surface area contributed by atoms with E-state index in [9.17, 15) is 4.79 Å². The van der Waals surface area contributed by atoms with Crippen LogP contribution in [0, 0.1) is 0 Å². The van der Waals surface area contributed by atoms with Crippen molar-refractivity contribution in [2.24, 2.45) is 7.05 Å². The van der Waals surface area contributed by atoms with Gasteiger partial charge in [-0.15, -0.1) is 0 Å². The first kappa shape index (κ1) is 17.7. The summed E-state index contributed by atoms with van der Waals surface area (Å²) in [4.78, 5) is 18.6. The number of hydrogen-bond donors (Lipinski definition) is 1. The van der Waals surface area contributed by atoms with Gasteiger partial charge in [-0.2, -0.15) is 0 Å². The molecule has 0 saturated heterocycles. The lowest BCUT2D eigenvalue weighted by atomic mass is 10.2. The first-order valence-corrected chi connectivity index (χ1v) is 8.81. The van der Waals surface area contributed by atoms with Crippen LogP contribution in [0.25, 0.3) is 17.0 Å². The summed E-state index contributed by atoms with van der Waals surface area (Å²) in [6, 6.07) is 14.0. The van der Waals surface area contributed by atoms with E-state index in [1.165, 1.54) is 10.9 Å². The number of para-hydroxylation sites is 1. The van der Waals surface area contributed by atoms with Gasteiger partial charge in [0.1, 0.15) is 5.82 Å². The van der Waals surface area contributed by atoms with E-state index in [4.69, 9.17) is 5.73 Å². The van der Waals surface area contributed by atoms with Gasteiger partial charge in [0.25, 0.3) is 0 Å². The van der Waals surface area contributed by atoms with Crippen molar-refractivity contribution in [2.45, 2.75) is 19.9 Å². The third kappa shape index (κ3) is 3.77. The highest BCUT2D eigenvalue weighted by atomic mass is 16.2. The number of nitrogens with two attached hydrogens (primary N) is 1. The van der Waals surface area contributed by atoms with Crippen LogP contribution in [0.3, 0.4) is 0 Å². The van der Waals surface area contributed by atoms with E-state index >= 15 is 0 Å². The standard InChI is InChI=1S/C21H24N4O/c1-3-13-25(20(26)11-10-16-8-6-12-23-21(16)22)15-18-14-17-7-4-5-9-19(17)24(18)2/h4-12,14H,3,13,15H2,1-2H3,(H2,22,23)/b11-10+. The molecule has 3 aromatic rings. The Labute approximate surface area is 153 Å². The zero-order valence-electron chi connectivity index (χ0n) is 15.2. The fourth-order valence-corrected chi connectivity index (χ4v) is 3.07. The van der Waals surface area contributed by atoms with Crippen LogP contribution in [0.4, 0.5) is 5.82 Å². The number of nitrogen functional groups attached to an aromatic ring is 1. The second-order valence-electron chi connectivity index (χ2n) is 6.32. The average molecular weight is 348 g/mol. The van der Waals surface area contributed by atoms with E-state index in [0.29, 0.717) is 18.9 Å². The number of aromatic nitrogens is 2. The number of hydrogen-bond acceptors (Lipinski definition) is 3. The fraction of sp³-hybridized carbons (Fsp3) is 0.238. The molecule has 3 rings (SSSR count). The molecule has 1 aromatic carbocycles. The third-order valence-corrected chi connectivity index (χ3v) is 4.49. The van der Waals surface area contributed by atoms with Gasteiger partial charge in [0, 0.05) is 42.6 Å². The minimum Gasteiger partial charge on any atom is -0.383 e. The van der Waals surface area contributed by atoms with Crippen LogP contribution in [-0.2, 0) is 18.4 Å². The predicted octanol–water partition coefficient (Wildman–Crippen LogP) is 3.61. The molecule has 0 radical (unpaired) electrons. The molecule has 1 amide bonds. The number of aryl methyl sites for hydroxylation is 1. The van der Waals surface area contributed by atoms with Crippen molar-refractivity contribution in [3.63, 3.8) is 0 Å². The van der Waals surface area contributed by atoms with Gasteiger partial charge in [0.05, 0.1) is 6.54 Å². The quantitative estimate of drug-likeness (QED) is 0.692. The van der Waals surface area contributed by atoms with Crippen LogP contribution < -0.4 is 5.73 Å². The minimum atomic E-state index is -0.0274. The van der Waals surface area contributed by atoms with Crippen LogP contribution in [0.1, 0.15) is 24.6 Å². The fourth-order valence-electron chi connectivity index (χ4n) is 3.07. The van der Waals surface area contributed by atoms with E-state index in [0.717, 1.165) is 17.7 Å². The Morgan fingerprint density at radius 2 is 2.08 bits per heavy atom. The Morgan fingerprint density at radius 1 is 1.27 bits per heavy atom. The summed E-state index contributed by atoms with van der Waals surface area (Å²) in [7, 11) is 2.04. The SMILES string of the molecule is CCCN(Cc1cc2ccccc2n1C)C(=O)/C=C/c1cccnc1N. The molecule has 2 aromatic heterocycles. The third-order valence-electron chi connectivity index (χ3n) is 4.49. The molecule has 0 aliphatic rings. The van der Waals surface area contributed by atoms with E-state index in [1.807, 2.05) is 30.1 Å². The molecular weight excluding hydrogens is 324 g/mol. The lowest BCUT2D eigenvalue weighted by Crippen LogP contribution is -2.30. The van der Waals surface area contributed by atoms with Gasteiger partial charge in [-0.05, 0) is 42.1 Å². The number of rotatable bonds is 6. The maximum atomic E-state index is 12.7. The number of anilines is 1. The number of carbonyl (C=O) groups is 1. The smallest absolute Gasteiger partial charge is 0.246 e. The number of benzene rings is 1. The van der Waals surface area contributed by atoms with E-state index in [2.05, 4.69) is 34.7 Å². The molecule has 2 N–H and O–H groups in total. The highest BCUT2D eigenvalue weighted by Crippen LogP contribution is 2.20. The summed E-state index contributed by atoms with van der Waals surface area (Å²) in [6.45, 7) is 3.35. The molecule has 0 fully saturated rings. The van der Waals surface area contributed by atoms with Crippen LogP contribution in [-0.4, -0.2) is 26.9 Å². The van der Waals surface area contributed by atoms with Crippen molar-refractivity contribution in [1.82, 2.24) is 14.5 Å². The summed E-state index contributed by atoms with van der Waals surface area (Å²) >= 11 is 0. The maximum absolute atomic E-state index is 12.7.